The van der Waals surface area contributed by atoms with Gasteiger partial charge in [0, 0.05) is 13.1 Å². The molecule has 1 heterocycles. The molecule has 0 saturated carbocycles. The molecule has 124 valence electrons. The lowest BCUT2D eigenvalue weighted by Gasteiger charge is -2.36. The average molecular weight is 324 g/mol. The molecule has 0 amide bonds. The zero-order valence-electron chi connectivity index (χ0n) is 14.5. The Labute approximate surface area is 135 Å². The molecule has 1 aliphatic heterocycles. The van der Waals surface area contributed by atoms with E-state index in [9.17, 15) is 8.42 Å². The molecule has 0 radical (unpaired) electrons. The lowest BCUT2D eigenvalue weighted by Crippen LogP contribution is -2.40. The van der Waals surface area contributed by atoms with Crippen LogP contribution in [0.5, 0.6) is 0 Å². The summed E-state index contributed by atoms with van der Waals surface area (Å²) in [6.45, 7) is 12.1. The van der Waals surface area contributed by atoms with Crippen molar-refractivity contribution in [2.45, 2.75) is 52.4 Å². The maximum absolute atomic E-state index is 13.0. The third kappa shape index (κ3) is 3.72. The Morgan fingerprint density at radius 2 is 1.73 bits per heavy atom. The van der Waals surface area contributed by atoms with Gasteiger partial charge >= 0.3 is 0 Å². The molecule has 2 atom stereocenters. The van der Waals surface area contributed by atoms with Crippen LogP contribution < -0.4 is 0 Å². The molecule has 4 heteroatoms. The molecule has 0 N–H and O–H groups in total. The van der Waals surface area contributed by atoms with Crippen molar-refractivity contribution >= 4 is 10.0 Å². The first-order valence-corrected chi connectivity index (χ1v) is 9.63. The third-order valence-corrected chi connectivity index (χ3v) is 6.80. The minimum absolute atomic E-state index is 0.116. The van der Waals surface area contributed by atoms with Gasteiger partial charge in [-0.3, -0.25) is 0 Å². The van der Waals surface area contributed by atoms with E-state index in [1.807, 2.05) is 19.1 Å². The van der Waals surface area contributed by atoms with Crippen LogP contribution in [0.3, 0.4) is 0 Å². The minimum atomic E-state index is -3.39. The first-order valence-electron chi connectivity index (χ1n) is 8.19. The standard InChI is InChI=1S/C18H29NO2S/c1-14-8-10-16(11-9-14)22(20,21)19-12-6-7-15(2)17(13-19)18(3,4)5/h8-11,15,17H,6-7,12-13H2,1-5H3/t15-,17?/m1/s1. The van der Waals surface area contributed by atoms with Crippen LogP contribution in [-0.2, 0) is 10.0 Å². The van der Waals surface area contributed by atoms with Crippen LogP contribution in [0.4, 0.5) is 0 Å². The number of aryl methyl sites for hydroxylation is 1. The van der Waals surface area contributed by atoms with Crippen molar-refractivity contribution in [3.63, 3.8) is 0 Å². The van der Waals surface area contributed by atoms with Crippen molar-refractivity contribution in [3.05, 3.63) is 29.8 Å². The zero-order chi connectivity index (χ0) is 16.5. The summed E-state index contributed by atoms with van der Waals surface area (Å²) in [6.07, 6.45) is 2.04. The van der Waals surface area contributed by atoms with E-state index in [0.717, 1.165) is 18.4 Å². The molecule has 1 fully saturated rings. The van der Waals surface area contributed by atoms with Gasteiger partial charge in [0.15, 0.2) is 0 Å². The summed E-state index contributed by atoms with van der Waals surface area (Å²) < 4.78 is 27.6. The van der Waals surface area contributed by atoms with Crippen molar-refractivity contribution in [1.82, 2.24) is 4.31 Å². The fraction of sp³-hybridized carbons (Fsp3) is 0.667. The fourth-order valence-corrected chi connectivity index (χ4v) is 4.99. The SMILES string of the molecule is Cc1ccc(S(=O)(=O)N2CCC[C@@H](C)C(C(C)(C)C)C2)cc1. The molecule has 0 aromatic heterocycles. The van der Waals surface area contributed by atoms with E-state index in [1.54, 1.807) is 16.4 Å². The van der Waals surface area contributed by atoms with Gasteiger partial charge in [-0.2, -0.15) is 4.31 Å². The molecular formula is C18H29NO2S. The first kappa shape index (κ1) is 17.5. The van der Waals surface area contributed by atoms with Gasteiger partial charge in [-0.1, -0.05) is 45.4 Å². The van der Waals surface area contributed by atoms with Crippen molar-refractivity contribution < 1.29 is 8.42 Å². The highest BCUT2D eigenvalue weighted by molar-refractivity contribution is 7.89. The molecule has 1 unspecified atom stereocenters. The molecule has 22 heavy (non-hydrogen) atoms. The second-order valence-corrected chi connectivity index (χ2v) is 9.71. The molecule has 2 rings (SSSR count). The maximum Gasteiger partial charge on any atom is 0.243 e. The van der Waals surface area contributed by atoms with Crippen LogP contribution in [-0.4, -0.2) is 25.8 Å². The van der Waals surface area contributed by atoms with Crippen LogP contribution in [0.2, 0.25) is 0 Å². The van der Waals surface area contributed by atoms with E-state index in [2.05, 4.69) is 27.7 Å². The molecule has 1 aromatic rings. The average Bonchev–Trinajstić information content (AvgIpc) is 2.61. The summed E-state index contributed by atoms with van der Waals surface area (Å²) in [7, 11) is -3.39. The predicted octanol–water partition coefficient (Wildman–Crippen LogP) is 4.08. The summed E-state index contributed by atoms with van der Waals surface area (Å²) in [5.74, 6) is 0.938. The van der Waals surface area contributed by atoms with Gasteiger partial charge in [-0.05, 0) is 49.1 Å². The quantitative estimate of drug-likeness (QED) is 0.822. The van der Waals surface area contributed by atoms with Crippen molar-refractivity contribution in [3.8, 4) is 0 Å². The van der Waals surface area contributed by atoms with Crippen LogP contribution in [0, 0.1) is 24.2 Å². The van der Waals surface area contributed by atoms with Gasteiger partial charge < -0.3 is 0 Å². The molecule has 0 aliphatic carbocycles. The molecular weight excluding hydrogens is 294 g/mol. The largest absolute Gasteiger partial charge is 0.243 e. The summed E-state index contributed by atoms with van der Waals surface area (Å²) in [5, 5.41) is 0. The van der Waals surface area contributed by atoms with E-state index in [0.29, 0.717) is 29.8 Å². The van der Waals surface area contributed by atoms with Gasteiger partial charge in [0.25, 0.3) is 0 Å². The Balaban J connectivity index is 2.32. The van der Waals surface area contributed by atoms with Crippen LogP contribution >= 0.6 is 0 Å². The van der Waals surface area contributed by atoms with E-state index < -0.39 is 10.0 Å². The molecule has 1 aromatic carbocycles. The Hall–Kier alpha value is -0.870. The number of hydrogen-bond acceptors (Lipinski definition) is 2. The topological polar surface area (TPSA) is 37.4 Å². The number of nitrogens with zero attached hydrogens (tertiary/aromatic N) is 1. The van der Waals surface area contributed by atoms with Crippen LogP contribution in [0.15, 0.2) is 29.2 Å². The Kier molecular flexibility index (Phi) is 5.03. The van der Waals surface area contributed by atoms with Gasteiger partial charge in [0.1, 0.15) is 0 Å². The number of hydrogen-bond donors (Lipinski definition) is 0. The van der Waals surface area contributed by atoms with Crippen molar-refractivity contribution in [2.75, 3.05) is 13.1 Å². The summed E-state index contributed by atoms with van der Waals surface area (Å²) in [6, 6.07) is 7.19. The smallest absolute Gasteiger partial charge is 0.207 e. The molecule has 1 aliphatic rings. The normalized spacial score (nSPS) is 25.0. The molecule has 0 spiro atoms. The number of benzene rings is 1. The third-order valence-electron chi connectivity index (χ3n) is 4.93. The fourth-order valence-electron chi connectivity index (χ4n) is 3.49. The number of rotatable bonds is 2. The Morgan fingerprint density at radius 1 is 1.14 bits per heavy atom. The zero-order valence-corrected chi connectivity index (χ0v) is 15.3. The summed E-state index contributed by atoms with van der Waals surface area (Å²) >= 11 is 0. The second kappa shape index (κ2) is 6.32. The molecule has 1 saturated heterocycles. The van der Waals surface area contributed by atoms with Gasteiger partial charge in [-0.15, -0.1) is 0 Å². The summed E-state index contributed by atoms with van der Waals surface area (Å²) in [4.78, 5) is 0.417. The highest BCUT2D eigenvalue weighted by Crippen LogP contribution is 2.38. The molecule has 0 bridgehead atoms. The highest BCUT2D eigenvalue weighted by atomic mass is 32.2. The lowest BCUT2D eigenvalue weighted by atomic mass is 9.73. The van der Waals surface area contributed by atoms with Crippen LogP contribution in [0.1, 0.15) is 46.1 Å². The van der Waals surface area contributed by atoms with E-state index in [-0.39, 0.29) is 5.41 Å². The first-order chi connectivity index (χ1) is 10.1. The summed E-state index contributed by atoms with van der Waals surface area (Å²) in [5.41, 5.74) is 1.20. The minimum Gasteiger partial charge on any atom is -0.207 e. The maximum atomic E-state index is 13.0. The van der Waals surface area contributed by atoms with Crippen molar-refractivity contribution in [1.29, 1.82) is 0 Å². The van der Waals surface area contributed by atoms with Gasteiger partial charge in [-0.25, -0.2) is 8.42 Å². The van der Waals surface area contributed by atoms with Crippen LogP contribution in [0.25, 0.3) is 0 Å². The second-order valence-electron chi connectivity index (χ2n) is 7.77. The lowest BCUT2D eigenvalue weighted by molar-refractivity contribution is 0.151. The Bertz CT molecular complexity index is 599. The number of sulfonamides is 1. The highest BCUT2D eigenvalue weighted by Gasteiger charge is 2.37. The monoisotopic (exact) mass is 323 g/mol. The van der Waals surface area contributed by atoms with E-state index in [1.165, 1.54) is 0 Å². The van der Waals surface area contributed by atoms with Crippen molar-refractivity contribution in [2.24, 2.45) is 17.3 Å². The van der Waals surface area contributed by atoms with E-state index >= 15 is 0 Å². The van der Waals surface area contributed by atoms with E-state index in [4.69, 9.17) is 0 Å². The molecule has 3 nitrogen and oxygen atoms in total. The van der Waals surface area contributed by atoms with Gasteiger partial charge in [0.05, 0.1) is 4.90 Å². The Morgan fingerprint density at radius 3 is 2.27 bits per heavy atom. The predicted molar refractivity (Wildman–Crippen MR) is 91.3 cm³/mol. The van der Waals surface area contributed by atoms with Gasteiger partial charge in [0.2, 0.25) is 10.0 Å².